The molecule has 0 atom stereocenters. The second-order valence-corrected chi connectivity index (χ2v) is 4.53. The maximum atomic E-state index is 11.8. The first-order chi connectivity index (χ1) is 8.22. The SMILES string of the molecule is CCOC(=O)c1cscc1-c1ccc(C)cc1. The number of carbonyl (C=O) groups excluding carboxylic acids is 1. The minimum atomic E-state index is -0.246. The van der Waals surface area contributed by atoms with Crippen LogP contribution >= 0.6 is 11.3 Å². The van der Waals surface area contributed by atoms with E-state index >= 15 is 0 Å². The Morgan fingerprint density at radius 1 is 1.24 bits per heavy atom. The average molecular weight is 246 g/mol. The first kappa shape index (κ1) is 11.9. The van der Waals surface area contributed by atoms with Gasteiger partial charge in [0.1, 0.15) is 0 Å². The smallest absolute Gasteiger partial charge is 0.339 e. The minimum absolute atomic E-state index is 0.246. The van der Waals surface area contributed by atoms with Crippen LogP contribution in [0.15, 0.2) is 35.0 Å². The Morgan fingerprint density at radius 3 is 2.59 bits per heavy atom. The Morgan fingerprint density at radius 2 is 1.94 bits per heavy atom. The van der Waals surface area contributed by atoms with Gasteiger partial charge in [-0.3, -0.25) is 0 Å². The van der Waals surface area contributed by atoms with Gasteiger partial charge in [-0.25, -0.2) is 4.79 Å². The van der Waals surface area contributed by atoms with Gasteiger partial charge in [0.05, 0.1) is 12.2 Å². The van der Waals surface area contributed by atoms with Crippen LogP contribution in [0.1, 0.15) is 22.8 Å². The molecule has 0 aliphatic carbocycles. The average Bonchev–Trinajstić information content (AvgIpc) is 2.79. The first-order valence-electron chi connectivity index (χ1n) is 5.52. The summed E-state index contributed by atoms with van der Waals surface area (Å²) in [6.45, 7) is 4.27. The largest absolute Gasteiger partial charge is 0.462 e. The molecule has 0 aliphatic heterocycles. The summed E-state index contributed by atoms with van der Waals surface area (Å²) in [6, 6.07) is 8.14. The number of thiophene rings is 1. The van der Waals surface area contributed by atoms with Gasteiger partial charge in [0.2, 0.25) is 0 Å². The lowest BCUT2D eigenvalue weighted by atomic mass is 10.0. The van der Waals surface area contributed by atoms with Crippen LogP contribution in [0.25, 0.3) is 11.1 Å². The van der Waals surface area contributed by atoms with Crippen molar-refractivity contribution < 1.29 is 9.53 Å². The van der Waals surface area contributed by atoms with Crippen molar-refractivity contribution in [2.75, 3.05) is 6.61 Å². The highest BCUT2D eigenvalue weighted by Gasteiger charge is 2.14. The summed E-state index contributed by atoms with van der Waals surface area (Å²) in [5, 5.41) is 3.82. The Kier molecular flexibility index (Phi) is 3.59. The molecular weight excluding hydrogens is 232 g/mol. The highest BCUT2D eigenvalue weighted by molar-refractivity contribution is 7.08. The van der Waals surface area contributed by atoms with Crippen LogP contribution in [-0.4, -0.2) is 12.6 Å². The molecule has 0 amide bonds. The van der Waals surface area contributed by atoms with E-state index in [0.717, 1.165) is 11.1 Å². The van der Waals surface area contributed by atoms with Gasteiger partial charge >= 0.3 is 5.97 Å². The lowest BCUT2D eigenvalue weighted by molar-refractivity contribution is 0.0528. The molecule has 0 saturated carbocycles. The molecule has 88 valence electrons. The third kappa shape index (κ3) is 2.56. The Bertz CT molecular complexity index is 511. The molecule has 0 aliphatic rings. The van der Waals surface area contributed by atoms with Gasteiger partial charge in [0.25, 0.3) is 0 Å². The Labute approximate surface area is 105 Å². The fraction of sp³-hybridized carbons (Fsp3) is 0.214. The molecule has 1 aromatic heterocycles. The molecule has 2 nitrogen and oxygen atoms in total. The molecule has 1 aromatic carbocycles. The highest BCUT2D eigenvalue weighted by atomic mass is 32.1. The summed E-state index contributed by atoms with van der Waals surface area (Å²) < 4.78 is 5.04. The third-order valence-corrected chi connectivity index (χ3v) is 3.26. The van der Waals surface area contributed by atoms with Gasteiger partial charge in [-0.2, -0.15) is 11.3 Å². The molecule has 0 bridgehead atoms. The van der Waals surface area contributed by atoms with Crippen LogP contribution in [0.2, 0.25) is 0 Å². The maximum Gasteiger partial charge on any atom is 0.339 e. The van der Waals surface area contributed by atoms with Crippen LogP contribution in [0.5, 0.6) is 0 Å². The van der Waals surface area contributed by atoms with E-state index in [2.05, 4.69) is 0 Å². The van der Waals surface area contributed by atoms with Crippen LogP contribution in [0.4, 0.5) is 0 Å². The molecule has 0 fully saturated rings. The molecule has 0 saturated heterocycles. The molecule has 17 heavy (non-hydrogen) atoms. The number of benzene rings is 1. The van der Waals surface area contributed by atoms with Crippen LogP contribution in [0, 0.1) is 6.92 Å². The molecule has 0 radical (unpaired) electrons. The highest BCUT2D eigenvalue weighted by Crippen LogP contribution is 2.28. The van der Waals surface area contributed by atoms with Crippen molar-refractivity contribution in [3.05, 3.63) is 46.2 Å². The second kappa shape index (κ2) is 5.15. The molecule has 0 N–H and O–H groups in total. The van der Waals surface area contributed by atoms with Gasteiger partial charge in [-0.15, -0.1) is 0 Å². The molecule has 0 unspecified atom stereocenters. The topological polar surface area (TPSA) is 26.3 Å². The molecule has 3 heteroatoms. The molecular formula is C14H14O2S. The number of hydrogen-bond acceptors (Lipinski definition) is 3. The predicted octanol–water partition coefficient (Wildman–Crippen LogP) is 3.90. The number of ether oxygens (including phenoxy) is 1. The summed E-state index contributed by atoms with van der Waals surface area (Å²) in [4.78, 5) is 11.8. The van der Waals surface area contributed by atoms with Gasteiger partial charge in [0.15, 0.2) is 0 Å². The number of esters is 1. The van der Waals surface area contributed by atoms with Crippen molar-refractivity contribution in [2.45, 2.75) is 13.8 Å². The van der Waals surface area contributed by atoms with Crippen LogP contribution in [-0.2, 0) is 4.74 Å². The fourth-order valence-corrected chi connectivity index (χ4v) is 2.45. The number of aryl methyl sites for hydroxylation is 1. The lowest BCUT2D eigenvalue weighted by Gasteiger charge is -2.04. The third-order valence-electron chi connectivity index (χ3n) is 2.52. The van der Waals surface area contributed by atoms with Crippen LogP contribution < -0.4 is 0 Å². The monoisotopic (exact) mass is 246 g/mol. The predicted molar refractivity (Wildman–Crippen MR) is 70.4 cm³/mol. The van der Waals surface area contributed by atoms with E-state index < -0.39 is 0 Å². The van der Waals surface area contributed by atoms with Crippen molar-refractivity contribution in [3.63, 3.8) is 0 Å². The lowest BCUT2D eigenvalue weighted by Crippen LogP contribution is -2.04. The zero-order valence-corrected chi connectivity index (χ0v) is 10.7. The van der Waals surface area contributed by atoms with E-state index in [1.54, 1.807) is 0 Å². The standard InChI is InChI=1S/C14H14O2S/c1-3-16-14(15)13-9-17-8-12(13)11-6-4-10(2)5-7-11/h4-9H,3H2,1-2H3. The Balaban J connectivity index is 2.36. The second-order valence-electron chi connectivity index (χ2n) is 3.79. The summed E-state index contributed by atoms with van der Waals surface area (Å²) in [5.41, 5.74) is 3.87. The van der Waals surface area contributed by atoms with E-state index in [1.807, 2.05) is 48.9 Å². The summed E-state index contributed by atoms with van der Waals surface area (Å²) >= 11 is 1.52. The molecule has 2 aromatic rings. The summed E-state index contributed by atoms with van der Waals surface area (Å²) in [7, 11) is 0. The van der Waals surface area contributed by atoms with E-state index in [4.69, 9.17) is 4.74 Å². The molecule has 1 heterocycles. The van der Waals surface area contributed by atoms with Crippen molar-refractivity contribution in [1.82, 2.24) is 0 Å². The number of carbonyl (C=O) groups is 1. The summed E-state index contributed by atoms with van der Waals surface area (Å²) in [5.74, 6) is -0.246. The van der Waals surface area contributed by atoms with Gasteiger partial charge in [-0.05, 0) is 24.8 Å². The summed E-state index contributed by atoms with van der Waals surface area (Å²) in [6.07, 6.45) is 0. The van der Waals surface area contributed by atoms with Gasteiger partial charge < -0.3 is 4.74 Å². The quantitative estimate of drug-likeness (QED) is 0.768. The normalized spacial score (nSPS) is 10.2. The van der Waals surface area contributed by atoms with Gasteiger partial charge in [-0.1, -0.05) is 29.8 Å². The van der Waals surface area contributed by atoms with Crippen molar-refractivity contribution in [2.24, 2.45) is 0 Å². The zero-order valence-electron chi connectivity index (χ0n) is 9.90. The maximum absolute atomic E-state index is 11.8. The van der Waals surface area contributed by atoms with Gasteiger partial charge in [0, 0.05) is 10.9 Å². The van der Waals surface area contributed by atoms with Crippen LogP contribution in [0.3, 0.4) is 0 Å². The van der Waals surface area contributed by atoms with E-state index in [0.29, 0.717) is 12.2 Å². The zero-order chi connectivity index (χ0) is 12.3. The van der Waals surface area contributed by atoms with Crippen molar-refractivity contribution >= 4 is 17.3 Å². The van der Waals surface area contributed by atoms with Crippen molar-refractivity contribution in [3.8, 4) is 11.1 Å². The van der Waals surface area contributed by atoms with Crippen molar-refractivity contribution in [1.29, 1.82) is 0 Å². The van der Waals surface area contributed by atoms with E-state index in [1.165, 1.54) is 16.9 Å². The van der Waals surface area contributed by atoms with E-state index in [9.17, 15) is 4.79 Å². The fourth-order valence-electron chi connectivity index (χ4n) is 1.62. The molecule has 0 spiro atoms. The molecule has 2 rings (SSSR count). The van der Waals surface area contributed by atoms with E-state index in [-0.39, 0.29) is 5.97 Å². The first-order valence-corrected chi connectivity index (χ1v) is 6.47. The minimum Gasteiger partial charge on any atom is -0.462 e. The Hall–Kier alpha value is -1.61. The number of hydrogen-bond donors (Lipinski definition) is 0. The number of rotatable bonds is 3.